The van der Waals surface area contributed by atoms with Gasteiger partial charge in [-0.05, 0) is 44.9 Å². The fraction of sp³-hybridized carbons (Fsp3) is 0.750. The Kier molecular flexibility index (Phi) is 3.40. The number of urea groups is 1. The molecule has 2 aliphatic carbocycles. The number of hydrogen-bond donors (Lipinski definition) is 1. The maximum atomic E-state index is 12.7. The van der Waals surface area contributed by atoms with E-state index in [-0.39, 0.29) is 6.03 Å². The van der Waals surface area contributed by atoms with Crippen LogP contribution in [-0.4, -0.2) is 28.0 Å². The smallest absolute Gasteiger partial charge is 0.319 e. The third kappa shape index (κ3) is 2.56. The lowest BCUT2D eigenvalue weighted by atomic mass is 9.85. The minimum absolute atomic E-state index is 0.0635. The topological polar surface area (TPSA) is 45.2 Å². The molecule has 21 heavy (non-hydrogen) atoms. The van der Waals surface area contributed by atoms with Gasteiger partial charge in [0.05, 0.1) is 5.69 Å². The summed E-state index contributed by atoms with van der Waals surface area (Å²) in [6, 6.07) is 0.881. The van der Waals surface area contributed by atoms with Gasteiger partial charge in [0.2, 0.25) is 0 Å². The number of carbonyl (C=O) groups is 1. The number of nitrogens with zero attached hydrogens (tertiary/aromatic N) is 2. The molecule has 3 fully saturated rings. The van der Waals surface area contributed by atoms with Crippen LogP contribution in [0.3, 0.4) is 0 Å². The Hall–Kier alpha value is -1.10. The summed E-state index contributed by atoms with van der Waals surface area (Å²) < 4.78 is 0. The second kappa shape index (κ2) is 5.27. The number of fused-ring (bicyclic) bond motifs is 1. The zero-order valence-electron chi connectivity index (χ0n) is 12.5. The van der Waals surface area contributed by atoms with Crippen LogP contribution in [0, 0.1) is 5.92 Å². The van der Waals surface area contributed by atoms with E-state index < -0.39 is 0 Å². The predicted octanol–water partition coefficient (Wildman–Crippen LogP) is 4.21. The highest BCUT2D eigenvalue weighted by atomic mass is 32.1. The molecule has 2 amide bonds. The van der Waals surface area contributed by atoms with E-state index in [9.17, 15) is 4.79 Å². The van der Waals surface area contributed by atoms with Crippen LogP contribution >= 0.6 is 11.3 Å². The molecule has 0 radical (unpaired) electrons. The molecule has 0 spiro atoms. The number of carbonyl (C=O) groups excluding carboxylic acids is 1. The Balaban J connectivity index is 1.45. The average molecular weight is 305 g/mol. The van der Waals surface area contributed by atoms with Crippen LogP contribution in [0.1, 0.15) is 63.5 Å². The Labute approximate surface area is 129 Å². The standard InChI is InChI=1S/C16H23N3OS/c1-10-8-12-4-2-3-5-14(12)19(10)16(20)18-15-17-13(9-21-15)11-6-7-11/h9-12,14H,2-8H2,1H3,(H,17,18,20)/t10-,12-,14-/m1/s1. The lowest BCUT2D eigenvalue weighted by molar-refractivity contribution is 0.168. The first-order valence-corrected chi connectivity index (χ1v) is 9.15. The van der Waals surface area contributed by atoms with Crippen LogP contribution in [0.15, 0.2) is 5.38 Å². The van der Waals surface area contributed by atoms with E-state index in [0.717, 1.165) is 11.0 Å². The number of hydrogen-bond acceptors (Lipinski definition) is 3. The van der Waals surface area contributed by atoms with Crippen molar-refractivity contribution in [1.82, 2.24) is 9.88 Å². The van der Waals surface area contributed by atoms with Crippen molar-refractivity contribution in [2.75, 3.05) is 5.32 Å². The summed E-state index contributed by atoms with van der Waals surface area (Å²) in [6.07, 6.45) is 8.74. The maximum Gasteiger partial charge on any atom is 0.324 e. The number of aromatic nitrogens is 1. The fourth-order valence-corrected chi connectivity index (χ4v) is 4.91. The molecule has 0 bridgehead atoms. The van der Waals surface area contributed by atoms with Crippen LogP contribution < -0.4 is 5.32 Å². The van der Waals surface area contributed by atoms with Crippen molar-refractivity contribution < 1.29 is 4.79 Å². The molecule has 1 saturated heterocycles. The molecule has 1 aromatic rings. The molecule has 4 nitrogen and oxygen atoms in total. The number of nitrogens with one attached hydrogen (secondary N) is 1. The molecule has 4 rings (SSSR count). The zero-order valence-corrected chi connectivity index (χ0v) is 13.4. The average Bonchev–Trinajstić information content (AvgIpc) is 3.12. The van der Waals surface area contributed by atoms with Crippen molar-refractivity contribution in [3.05, 3.63) is 11.1 Å². The van der Waals surface area contributed by atoms with Crippen molar-refractivity contribution >= 4 is 22.5 Å². The lowest BCUT2D eigenvalue weighted by Crippen LogP contribution is -2.44. The van der Waals surface area contributed by atoms with Gasteiger partial charge >= 0.3 is 6.03 Å². The molecule has 114 valence electrons. The molecule has 0 aromatic carbocycles. The van der Waals surface area contributed by atoms with Gasteiger partial charge < -0.3 is 4.90 Å². The number of amides is 2. The normalized spacial score (nSPS) is 32.0. The van der Waals surface area contributed by atoms with Gasteiger partial charge in [0, 0.05) is 23.4 Å². The summed E-state index contributed by atoms with van der Waals surface area (Å²) in [7, 11) is 0. The summed E-state index contributed by atoms with van der Waals surface area (Å²) in [4.78, 5) is 19.3. The monoisotopic (exact) mass is 305 g/mol. The van der Waals surface area contributed by atoms with Crippen LogP contribution in [0.25, 0.3) is 0 Å². The maximum absolute atomic E-state index is 12.7. The van der Waals surface area contributed by atoms with Gasteiger partial charge in [0.25, 0.3) is 0 Å². The Morgan fingerprint density at radius 3 is 2.95 bits per heavy atom. The third-order valence-corrected chi connectivity index (χ3v) is 6.09. The van der Waals surface area contributed by atoms with E-state index in [2.05, 4.69) is 27.5 Å². The molecular weight excluding hydrogens is 282 g/mol. The molecule has 2 saturated carbocycles. The molecule has 0 unspecified atom stereocenters. The SMILES string of the molecule is C[C@@H]1C[C@H]2CCCC[C@H]2N1C(=O)Nc1nc(C2CC2)cs1. The van der Waals surface area contributed by atoms with Crippen molar-refractivity contribution in [3.63, 3.8) is 0 Å². The van der Waals surface area contributed by atoms with E-state index in [1.807, 2.05) is 0 Å². The van der Waals surface area contributed by atoms with Gasteiger partial charge in [-0.2, -0.15) is 0 Å². The molecule has 1 aromatic heterocycles. The Bertz CT molecular complexity index is 539. The highest BCUT2D eigenvalue weighted by Gasteiger charge is 2.42. The second-order valence-corrected chi connectivity index (χ2v) is 7.74. The molecule has 3 atom stereocenters. The van der Waals surface area contributed by atoms with E-state index in [1.54, 1.807) is 11.3 Å². The zero-order chi connectivity index (χ0) is 14.4. The van der Waals surface area contributed by atoms with Gasteiger partial charge in [-0.1, -0.05) is 12.8 Å². The summed E-state index contributed by atoms with van der Waals surface area (Å²) in [6.45, 7) is 2.19. The molecular formula is C16H23N3OS. The largest absolute Gasteiger partial charge is 0.324 e. The quantitative estimate of drug-likeness (QED) is 0.889. The van der Waals surface area contributed by atoms with Crippen LogP contribution in [0.5, 0.6) is 0 Å². The summed E-state index contributed by atoms with van der Waals surface area (Å²) in [5, 5.41) is 5.92. The summed E-state index contributed by atoms with van der Waals surface area (Å²) in [5.74, 6) is 1.37. The van der Waals surface area contributed by atoms with Crippen molar-refractivity contribution in [3.8, 4) is 0 Å². The van der Waals surface area contributed by atoms with Crippen LogP contribution in [0.4, 0.5) is 9.93 Å². The Morgan fingerprint density at radius 1 is 1.33 bits per heavy atom. The second-order valence-electron chi connectivity index (χ2n) is 6.89. The summed E-state index contributed by atoms with van der Waals surface area (Å²) in [5.41, 5.74) is 1.17. The van der Waals surface area contributed by atoms with Gasteiger partial charge in [-0.3, -0.25) is 5.32 Å². The van der Waals surface area contributed by atoms with Crippen molar-refractivity contribution in [2.24, 2.45) is 5.92 Å². The molecule has 1 N–H and O–H groups in total. The van der Waals surface area contributed by atoms with Gasteiger partial charge in [0.1, 0.15) is 0 Å². The number of thiazole rings is 1. The first-order valence-electron chi connectivity index (χ1n) is 8.27. The van der Waals surface area contributed by atoms with Gasteiger partial charge in [0.15, 0.2) is 5.13 Å². The van der Waals surface area contributed by atoms with Crippen molar-refractivity contribution in [1.29, 1.82) is 0 Å². The van der Waals surface area contributed by atoms with Crippen LogP contribution in [-0.2, 0) is 0 Å². The van der Waals surface area contributed by atoms with E-state index >= 15 is 0 Å². The predicted molar refractivity (Wildman–Crippen MR) is 84.8 cm³/mol. The molecule has 2 heterocycles. The van der Waals surface area contributed by atoms with E-state index in [0.29, 0.717) is 18.0 Å². The van der Waals surface area contributed by atoms with E-state index in [4.69, 9.17) is 0 Å². The number of rotatable bonds is 2. The van der Waals surface area contributed by atoms with E-state index in [1.165, 1.54) is 50.6 Å². The van der Waals surface area contributed by atoms with Crippen molar-refractivity contribution in [2.45, 2.75) is 69.9 Å². The Morgan fingerprint density at radius 2 is 2.14 bits per heavy atom. The van der Waals surface area contributed by atoms with Crippen LogP contribution in [0.2, 0.25) is 0 Å². The van der Waals surface area contributed by atoms with Gasteiger partial charge in [-0.15, -0.1) is 11.3 Å². The molecule has 5 heteroatoms. The highest BCUT2D eigenvalue weighted by Crippen LogP contribution is 2.42. The third-order valence-electron chi connectivity index (χ3n) is 5.31. The minimum Gasteiger partial charge on any atom is -0.319 e. The fourth-order valence-electron chi connectivity index (χ4n) is 4.12. The number of likely N-dealkylation sites (tertiary alicyclic amines) is 1. The first-order chi connectivity index (χ1) is 10.2. The number of anilines is 1. The van der Waals surface area contributed by atoms with Gasteiger partial charge in [-0.25, -0.2) is 9.78 Å². The highest BCUT2D eigenvalue weighted by molar-refractivity contribution is 7.13. The lowest BCUT2D eigenvalue weighted by Gasteiger charge is -2.32. The molecule has 3 aliphatic rings. The summed E-state index contributed by atoms with van der Waals surface area (Å²) >= 11 is 1.57. The minimum atomic E-state index is 0.0635. The first kappa shape index (κ1) is 13.6. The molecule has 1 aliphatic heterocycles.